The summed E-state index contributed by atoms with van der Waals surface area (Å²) in [5.41, 5.74) is 10.3. The first kappa shape index (κ1) is 33.2. The van der Waals surface area contributed by atoms with Gasteiger partial charge in [0.05, 0.1) is 25.7 Å². The zero-order valence-corrected chi connectivity index (χ0v) is 27.8. The van der Waals surface area contributed by atoms with Crippen molar-refractivity contribution in [1.29, 1.82) is 5.41 Å². The number of amides is 2. The number of ether oxygens (including phenoxy) is 2. The predicted molar refractivity (Wildman–Crippen MR) is 190 cm³/mol. The smallest absolute Gasteiger partial charge is 0.253 e. The van der Waals surface area contributed by atoms with Gasteiger partial charge in [-0.25, -0.2) is 0 Å². The van der Waals surface area contributed by atoms with Gasteiger partial charge in [-0.15, -0.1) is 0 Å². The maximum atomic E-state index is 13.8. The minimum absolute atomic E-state index is 0.0225. The molecular formula is C38H46N6O4. The van der Waals surface area contributed by atoms with Gasteiger partial charge in [0.25, 0.3) is 5.91 Å². The topological polar surface area (TPSA) is 115 Å². The van der Waals surface area contributed by atoms with Crippen LogP contribution in [0.5, 0.6) is 5.75 Å². The van der Waals surface area contributed by atoms with Crippen LogP contribution in [0, 0.1) is 10.8 Å². The summed E-state index contributed by atoms with van der Waals surface area (Å²) in [4.78, 5) is 35.8. The number of methoxy groups -OCH3 is 1. The molecule has 252 valence electrons. The minimum Gasteiger partial charge on any atom is -0.496 e. The summed E-state index contributed by atoms with van der Waals surface area (Å²) in [7, 11) is 1.57. The number of piperidine rings is 1. The van der Waals surface area contributed by atoms with E-state index in [9.17, 15) is 9.59 Å². The van der Waals surface area contributed by atoms with Gasteiger partial charge < -0.3 is 35.3 Å². The van der Waals surface area contributed by atoms with Crippen LogP contribution in [0.2, 0.25) is 0 Å². The van der Waals surface area contributed by atoms with Gasteiger partial charge in [-0.2, -0.15) is 0 Å². The number of rotatable bonds is 11. The molecule has 3 fully saturated rings. The maximum Gasteiger partial charge on any atom is 0.253 e. The zero-order valence-electron chi connectivity index (χ0n) is 27.8. The van der Waals surface area contributed by atoms with E-state index in [2.05, 4.69) is 34.1 Å². The highest BCUT2D eigenvalue weighted by molar-refractivity contribution is 6.09. The van der Waals surface area contributed by atoms with Crippen LogP contribution in [0.15, 0.2) is 79.0 Å². The van der Waals surface area contributed by atoms with Crippen LogP contribution in [0.25, 0.3) is 5.57 Å². The summed E-state index contributed by atoms with van der Waals surface area (Å²) in [6.45, 7) is 7.89. The lowest BCUT2D eigenvalue weighted by Gasteiger charge is -2.38. The summed E-state index contributed by atoms with van der Waals surface area (Å²) in [5, 5.41) is 7.62. The number of carbonyl (C=O) groups is 2. The van der Waals surface area contributed by atoms with Crippen molar-refractivity contribution in [2.24, 2.45) is 11.1 Å². The van der Waals surface area contributed by atoms with Gasteiger partial charge in [-0.05, 0) is 61.2 Å². The van der Waals surface area contributed by atoms with Gasteiger partial charge in [0.2, 0.25) is 5.91 Å². The Kier molecular flexibility index (Phi) is 10.4. The summed E-state index contributed by atoms with van der Waals surface area (Å²) >= 11 is 0. The van der Waals surface area contributed by atoms with Crippen LogP contribution in [-0.4, -0.2) is 93.9 Å². The fraction of sp³-hybridized carbons (Fsp3) is 0.395. The molecule has 0 unspecified atom stereocenters. The highest BCUT2D eigenvalue weighted by atomic mass is 16.5. The van der Waals surface area contributed by atoms with Gasteiger partial charge in [-0.3, -0.25) is 14.5 Å². The average Bonchev–Trinajstić information content (AvgIpc) is 3.45. The molecule has 10 nitrogen and oxygen atoms in total. The summed E-state index contributed by atoms with van der Waals surface area (Å²) in [6, 6.07) is 23.8. The lowest BCUT2D eigenvalue weighted by molar-refractivity contribution is -0.127. The van der Waals surface area contributed by atoms with E-state index in [4.69, 9.17) is 20.6 Å². The van der Waals surface area contributed by atoms with Crippen molar-refractivity contribution in [3.05, 3.63) is 95.7 Å². The van der Waals surface area contributed by atoms with Crippen molar-refractivity contribution in [1.82, 2.24) is 9.80 Å². The van der Waals surface area contributed by atoms with Crippen molar-refractivity contribution in [3.8, 4) is 5.75 Å². The zero-order chi connectivity index (χ0) is 33.5. The number of allylic oxidation sites excluding steroid dienone is 1. The van der Waals surface area contributed by atoms with E-state index in [1.807, 2.05) is 58.3 Å². The van der Waals surface area contributed by atoms with Gasteiger partial charge in [0.1, 0.15) is 5.75 Å². The monoisotopic (exact) mass is 650 g/mol. The van der Waals surface area contributed by atoms with E-state index in [1.165, 1.54) is 18.0 Å². The third kappa shape index (κ3) is 7.10. The molecule has 3 aliphatic heterocycles. The number of benzene rings is 3. The standard InChI is InChI=1S/C38H46N6O4/c1-47-35-25-33(11-12-34(35)31(26-39)27-40)44-18-15-38(37(44)46)13-16-43(17-14-38)36(45)30-7-9-32(10-8-30)42-21-19-41(20-22-42)23-24-48-28-29-5-3-2-4-6-29/h2-12,25-27,39H,13-24,28,40H2,1H3/b31-27+,39-26?. The molecule has 6 rings (SSSR count). The Morgan fingerprint density at radius 2 is 1.58 bits per heavy atom. The van der Waals surface area contributed by atoms with Crippen LogP contribution in [0.4, 0.5) is 11.4 Å². The number of nitrogens with two attached hydrogens (primary N) is 1. The number of hydrogen-bond donors (Lipinski definition) is 2. The highest BCUT2D eigenvalue weighted by Crippen LogP contribution is 2.44. The number of carbonyl (C=O) groups excluding carboxylic acids is 2. The molecule has 0 radical (unpaired) electrons. The van der Waals surface area contributed by atoms with Crippen LogP contribution in [0.3, 0.4) is 0 Å². The second-order valence-electron chi connectivity index (χ2n) is 12.8. The molecule has 3 N–H and O–H groups in total. The Morgan fingerprint density at radius 1 is 0.896 bits per heavy atom. The molecule has 3 heterocycles. The predicted octanol–water partition coefficient (Wildman–Crippen LogP) is 4.64. The third-order valence-electron chi connectivity index (χ3n) is 10.2. The van der Waals surface area contributed by atoms with Crippen LogP contribution < -0.4 is 20.3 Å². The fourth-order valence-corrected chi connectivity index (χ4v) is 7.16. The molecule has 0 atom stereocenters. The van der Waals surface area contributed by atoms with Crippen molar-refractivity contribution >= 4 is 35.0 Å². The second kappa shape index (κ2) is 15.0. The van der Waals surface area contributed by atoms with Crippen molar-refractivity contribution in [2.45, 2.75) is 25.9 Å². The summed E-state index contributed by atoms with van der Waals surface area (Å²) in [6.07, 6.45) is 4.62. The van der Waals surface area contributed by atoms with Crippen LogP contribution in [0.1, 0.15) is 40.7 Å². The van der Waals surface area contributed by atoms with E-state index in [0.717, 1.165) is 57.1 Å². The SMILES string of the molecule is COc1cc(N2CCC3(CCN(C(=O)c4ccc(N5CCN(CCOCc6ccccc6)CC5)cc4)CC3)C2=O)ccc1/C(C=N)=C/N. The molecule has 0 bridgehead atoms. The largest absolute Gasteiger partial charge is 0.496 e. The van der Waals surface area contributed by atoms with E-state index < -0.39 is 5.41 Å². The highest BCUT2D eigenvalue weighted by Gasteiger charge is 2.49. The average molecular weight is 651 g/mol. The van der Waals surface area contributed by atoms with Crippen molar-refractivity contribution in [3.63, 3.8) is 0 Å². The Labute approximate surface area is 283 Å². The van der Waals surface area contributed by atoms with Crippen molar-refractivity contribution < 1.29 is 19.1 Å². The van der Waals surface area contributed by atoms with Gasteiger partial charge >= 0.3 is 0 Å². The lowest BCUT2D eigenvalue weighted by atomic mass is 9.77. The molecule has 0 aliphatic carbocycles. The molecule has 3 aliphatic rings. The normalized spacial score (nSPS) is 18.4. The first-order chi connectivity index (χ1) is 23.4. The molecular weight excluding hydrogens is 604 g/mol. The molecule has 0 aromatic heterocycles. The number of nitrogens with zero attached hydrogens (tertiary/aromatic N) is 4. The molecule has 2 amide bonds. The number of hydrogen-bond acceptors (Lipinski definition) is 8. The molecule has 10 heteroatoms. The minimum atomic E-state index is -0.458. The Hall–Kier alpha value is -4.67. The van der Waals surface area contributed by atoms with Gasteiger partial charge in [0, 0.05) is 98.9 Å². The molecule has 3 aromatic rings. The maximum absolute atomic E-state index is 13.8. The van der Waals surface area contributed by atoms with Crippen LogP contribution >= 0.6 is 0 Å². The quantitative estimate of drug-likeness (QED) is 0.230. The van der Waals surface area contributed by atoms with Crippen molar-refractivity contribution in [2.75, 3.05) is 75.9 Å². The Morgan fingerprint density at radius 3 is 2.25 bits per heavy atom. The summed E-state index contributed by atoms with van der Waals surface area (Å²) < 4.78 is 11.4. The van der Waals surface area contributed by atoms with E-state index in [1.54, 1.807) is 7.11 Å². The fourth-order valence-electron chi connectivity index (χ4n) is 7.16. The molecule has 1 spiro atoms. The lowest BCUT2D eigenvalue weighted by Crippen LogP contribution is -2.47. The number of likely N-dealkylation sites (tertiary alicyclic amines) is 1. The first-order valence-electron chi connectivity index (χ1n) is 16.9. The molecule has 3 aromatic carbocycles. The first-order valence-corrected chi connectivity index (χ1v) is 16.9. The third-order valence-corrected chi connectivity index (χ3v) is 10.2. The van der Waals surface area contributed by atoms with Gasteiger partial charge in [0.15, 0.2) is 0 Å². The molecule has 3 saturated heterocycles. The number of piperazine rings is 1. The second-order valence-corrected chi connectivity index (χ2v) is 12.8. The van der Waals surface area contributed by atoms with E-state index in [0.29, 0.717) is 61.5 Å². The van der Waals surface area contributed by atoms with E-state index in [-0.39, 0.29) is 11.8 Å². The van der Waals surface area contributed by atoms with Crippen LogP contribution in [-0.2, 0) is 16.1 Å². The molecule has 0 saturated carbocycles. The number of nitrogens with one attached hydrogen (secondary N) is 1. The van der Waals surface area contributed by atoms with E-state index >= 15 is 0 Å². The Balaban J connectivity index is 0.974. The molecule has 48 heavy (non-hydrogen) atoms. The number of anilines is 2. The summed E-state index contributed by atoms with van der Waals surface area (Å²) in [5.74, 6) is 0.694. The van der Waals surface area contributed by atoms with Gasteiger partial charge in [-0.1, -0.05) is 30.3 Å². The Bertz CT molecular complexity index is 1610.